The number of hydrogen-bond acceptors (Lipinski definition) is 2. The Kier molecular flexibility index (Phi) is 3.43. The molecule has 0 amide bonds. The van der Waals surface area contributed by atoms with Crippen LogP contribution in [-0.4, -0.2) is 15.8 Å². The molecule has 5 heteroatoms. The third kappa shape index (κ3) is 2.29. The lowest BCUT2D eigenvalue weighted by Crippen LogP contribution is -2.00. The number of halogens is 2. The van der Waals surface area contributed by atoms with E-state index in [0.29, 0.717) is 10.6 Å². The summed E-state index contributed by atoms with van der Waals surface area (Å²) in [6.07, 6.45) is 0. The highest BCUT2D eigenvalue weighted by Crippen LogP contribution is 2.31. The van der Waals surface area contributed by atoms with Crippen molar-refractivity contribution in [1.82, 2.24) is 4.98 Å². The van der Waals surface area contributed by atoms with Crippen LogP contribution in [0.25, 0.3) is 10.9 Å². The first-order chi connectivity index (χ1) is 9.56. The number of nitrogens with one attached hydrogen (secondary N) is 2. The van der Waals surface area contributed by atoms with Gasteiger partial charge in [0.1, 0.15) is 0 Å². The molecular weight excluding hydrogens is 387 g/mol. The van der Waals surface area contributed by atoms with Crippen molar-refractivity contribution in [3.05, 3.63) is 62.2 Å². The first-order valence-corrected chi connectivity index (χ1v) is 7.37. The molecule has 1 aromatic heterocycles. The Morgan fingerprint density at radius 1 is 1.15 bits per heavy atom. The van der Waals surface area contributed by atoms with E-state index in [9.17, 15) is 5.11 Å². The molecule has 3 rings (SSSR count). The monoisotopic (exact) mass is 396 g/mol. The van der Waals surface area contributed by atoms with Crippen LogP contribution in [0.1, 0.15) is 11.1 Å². The van der Waals surface area contributed by atoms with Crippen LogP contribution in [0.5, 0.6) is 5.88 Å². The van der Waals surface area contributed by atoms with Gasteiger partial charge in [-0.25, -0.2) is 0 Å². The quantitative estimate of drug-likeness (QED) is 0.432. The third-order valence-corrected chi connectivity index (χ3v) is 4.08. The summed E-state index contributed by atoms with van der Waals surface area (Å²) in [6.45, 7) is 0. The molecule has 100 valence electrons. The zero-order valence-electron chi connectivity index (χ0n) is 10.2. The normalized spacial score (nSPS) is 10.9. The van der Waals surface area contributed by atoms with Crippen LogP contribution in [0.3, 0.4) is 0 Å². The van der Waals surface area contributed by atoms with Crippen LogP contribution in [0.2, 0.25) is 5.02 Å². The zero-order valence-corrected chi connectivity index (χ0v) is 13.2. The lowest BCUT2D eigenvalue weighted by atomic mass is 10.0. The number of aromatic hydroxyl groups is 1. The minimum absolute atomic E-state index is 0.00850. The molecule has 0 aliphatic carbocycles. The highest BCUT2D eigenvalue weighted by molar-refractivity contribution is 14.1. The molecule has 0 fully saturated rings. The third-order valence-electron chi connectivity index (χ3n) is 3.12. The van der Waals surface area contributed by atoms with Crippen molar-refractivity contribution in [2.75, 3.05) is 0 Å². The number of rotatable bonds is 2. The zero-order chi connectivity index (χ0) is 14.3. The van der Waals surface area contributed by atoms with Gasteiger partial charge in [0.15, 0.2) is 5.88 Å². The van der Waals surface area contributed by atoms with Crippen LogP contribution < -0.4 is 0 Å². The van der Waals surface area contributed by atoms with Gasteiger partial charge in [-0.3, -0.25) is 5.41 Å². The van der Waals surface area contributed by atoms with Crippen molar-refractivity contribution in [2.45, 2.75) is 0 Å². The molecule has 3 N–H and O–H groups in total. The van der Waals surface area contributed by atoms with E-state index < -0.39 is 0 Å². The lowest BCUT2D eigenvalue weighted by Gasteiger charge is -2.04. The minimum Gasteiger partial charge on any atom is -0.494 e. The molecule has 0 bridgehead atoms. The molecule has 0 atom stereocenters. The molecular formula is C15H10ClIN2O. The number of aromatic amines is 1. The Balaban J connectivity index is 2.18. The highest BCUT2D eigenvalue weighted by atomic mass is 127. The maximum atomic E-state index is 10.1. The van der Waals surface area contributed by atoms with Gasteiger partial charge in [0.25, 0.3) is 0 Å². The molecule has 0 saturated carbocycles. The predicted molar refractivity (Wildman–Crippen MR) is 90.1 cm³/mol. The predicted octanol–water partition coefficient (Wildman–Crippen LogP) is 4.55. The molecule has 0 aliphatic rings. The van der Waals surface area contributed by atoms with Crippen LogP contribution in [0.15, 0.2) is 42.5 Å². The second kappa shape index (κ2) is 5.10. The first-order valence-electron chi connectivity index (χ1n) is 5.91. The summed E-state index contributed by atoms with van der Waals surface area (Å²) in [5.41, 5.74) is 2.26. The summed E-state index contributed by atoms with van der Waals surface area (Å²) >= 11 is 8.22. The second-order valence-electron chi connectivity index (χ2n) is 4.42. The fraction of sp³-hybridized carbons (Fsp3) is 0. The number of benzene rings is 2. The van der Waals surface area contributed by atoms with E-state index in [2.05, 4.69) is 27.6 Å². The largest absolute Gasteiger partial charge is 0.494 e. The summed E-state index contributed by atoms with van der Waals surface area (Å²) in [5, 5.41) is 19.7. The number of fused-ring (bicyclic) bond motifs is 1. The maximum Gasteiger partial charge on any atom is 0.199 e. The van der Waals surface area contributed by atoms with Crippen molar-refractivity contribution in [3.8, 4) is 5.88 Å². The van der Waals surface area contributed by atoms with Gasteiger partial charge >= 0.3 is 0 Å². The SMILES string of the molecule is N=C(c1ccc(I)cc1)c1c(O)[nH]c2ccc(Cl)cc12. The summed E-state index contributed by atoms with van der Waals surface area (Å²) < 4.78 is 1.10. The number of H-pyrrole nitrogens is 1. The van der Waals surface area contributed by atoms with E-state index in [0.717, 1.165) is 20.0 Å². The van der Waals surface area contributed by atoms with E-state index in [1.54, 1.807) is 18.2 Å². The standard InChI is InChI=1S/C15H10ClIN2O/c16-9-3-6-12-11(7-9)13(15(20)19-12)14(18)8-1-4-10(17)5-2-8/h1-7,18-20H. The van der Waals surface area contributed by atoms with Gasteiger partial charge in [-0.1, -0.05) is 23.7 Å². The van der Waals surface area contributed by atoms with Crippen LogP contribution >= 0.6 is 34.2 Å². The molecule has 0 unspecified atom stereocenters. The van der Waals surface area contributed by atoms with Crippen molar-refractivity contribution in [2.24, 2.45) is 0 Å². The highest BCUT2D eigenvalue weighted by Gasteiger charge is 2.17. The van der Waals surface area contributed by atoms with Crippen molar-refractivity contribution < 1.29 is 5.11 Å². The smallest absolute Gasteiger partial charge is 0.199 e. The average Bonchev–Trinajstić information content (AvgIpc) is 2.74. The van der Waals surface area contributed by atoms with E-state index in [-0.39, 0.29) is 11.6 Å². The Bertz CT molecular complexity index is 809. The molecule has 2 aromatic carbocycles. The topological polar surface area (TPSA) is 59.9 Å². The maximum absolute atomic E-state index is 10.1. The van der Waals surface area contributed by atoms with E-state index in [1.807, 2.05) is 24.3 Å². The molecule has 0 aliphatic heterocycles. The van der Waals surface area contributed by atoms with E-state index in [4.69, 9.17) is 17.0 Å². The molecule has 3 aromatic rings. The lowest BCUT2D eigenvalue weighted by molar-refractivity contribution is 0.457. The van der Waals surface area contributed by atoms with Gasteiger partial charge in [0.05, 0.1) is 11.3 Å². The van der Waals surface area contributed by atoms with Crippen molar-refractivity contribution in [1.29, 1.82) is 5.41 Å². The fourth-order valence-electron chi connectivity index (χ4n) is 2.16. The molecule has 0 radical (unpaired) electrons. The van der Waals surface area contributed by atoms with Gasteiger partial charge in [0.2, 0.25) is 0 Å². The molecule has 3 nitrogen and oxygen atoms in total. The summed E-state index contributed by atoms with van der Waals surface area (Å²) in [6, 6.07) is 12.9. The summed E-state index contributed by atoms with van der Waals surface area (Å²) in [7, 11) is 0. The van der Waals surface area contributed by atoms with Gasteiger partial charge in [-0.2, -0.15) is 0 Å². The van der Waals surface area contributed by atoms with Crippen LogP contribution in [0, 0.1) is 8.98 Å². The summed E-state index contributed by atoms with van der Waals surface area (Å²) in [4.78, 5) is 2.87. The summed E-state index contributed by atoms with van der Waals surface area (Å²) in [5.74, 6) is -0.00850. The van der Waals surface area contributed by atoms with E-state index >= 15 is 0 Å². The Morgan fingerprint density at radius 2 is 1.85 bits per heavy atom. The van der Waals surface area contributed by atoms with Gasteiger partial charge in [-0.15, -0.1) is 0 Å². The van der Waals surface area contributed by atoms with Crippen LogP contribution in [0.4, 0.5) is 0 Å². The molecule has 0 saturated heterocycles. The minimum atomic E-state index is -0.00850. The first kappa shape index (κ1) is 13.5. The molecule has 1 heterocycles. The van der Waals surface area contributed by atoms with Gasteiger partial charge in [-0.05, 0) is 52.9 Å². The number of aromatic nitrogens is 1. The average molecular weight is 397 g/mol. The van der Waals surface area contributed by atoms with Gasteiger partial charge < -0.3 is 10.1 Å². The van der Waals surface area contributed by atoms with Crippen molar-refractivity contribution in [3.63, 3.8) is 0 Å². The van der Waals surface area contributed by atoms with Gasteiger partial charge in [0, 0.05) is 25.1 Å². The Morgan fingerprint density at radius 3 is 2.55 bits per heavy atom. The Labute approximate surface area is 134 Å². The van der Waals surface area contributed by atoms with Crippen LogP contribution in [-0.2, 0) is 0 Å². The fourth-order valence-corrected chi connectivity index (χ4v) is 2.70. The van der Waals surface area contributed by atoms with E-state index in [1.165, 1.54) is 0 Å². The number of hydrogen-bond donors (Lipinski definition) is 3. The Hall–Kier alpha value is -1.53. The van der Waals surface area contributed by atoms with Crippen molar-refractivity contribution >= 4 is 50.8 Å². The molecule has 0 spiro atoms. The second-order valence-corrected chi connectivity index (χ2v) is 6.10. The molecule has 20 heavy (non-hydrogen) atoms.